The van der Waals surface area contributed by atoms with Crippen LogP contribution in [0.1, 0.15) is 30.6 Å². The summed E-state index contributed by atoms with van der Waals surface area (Å²) >= 11 is 0. The summed E-state index contributed by atoms with van der Waals surface area (Å²) in [6.07, 6.45) is 4.65. The molecule has 6 heteroatoms. The molecule has 1 atom stereocenters. The van der Waals surface area contributed by atoms with Gasteiger partial charge in [-0.05, 0) is 13.8 Å². The molecule has 6 nitrogen and oxygen atoms in total. The van der Waals surface area contributed by atoms with E-state index in [-0.39, 0.29) is 23.9 Å². The lowest BCUT2D eigenvalue weighted by atomic mass is 10.2. The molecule has 0 aromatic carbocycles. The van der Waals surface area contributed by atoms with E-state index in [0.29, 0.717) is 18.5 Å². The van der Waals surface area contributed by atoms with Gasteiger partial charge in [-0.3, -0.25) is 9.59 Å². The molecule has 2 heterocycles. The van der Waals surface area contributed by atoms with Crippen molar-refractivity contribution in [3.63, 3.8) is 0 Å². The molecule has 1 aliphatic rings. The summed E-state index contributed by atoms with van der Waals surface area (Å²) in [5.41, 5.74) is 0.410. The third-order valence-electron chi connectivity index (χ3n) is 2.94. The maximum atomic E-state index is 11.9. The minimum absolute atomic E-state index is 0.0830. The van der Waals surface area contributed by atoms with Crippen LogP contribution >= 0.6 is 0 Å². The summed E-state index contributed by atoms with van der Waals surface area (Å²) in [6, 6.07) is 0.0343. The highest BCUT2D eigenvalue weighted by atomic mass is 16.2. The van der Waals surface area contributed by atoms with Crippen LogP contribution < -0.4 is 5.32 Å². The average molecular weight is 248 g/mol. The van der Waals surface area contributed by atoms with Gasteiger partial charge >= 0.3 is 0 Å². The number of nitrogens with zero attached hydrogens (tertiary/aromatic N) is 3. The number of carbonyl (C=O) groups excluding carboxylic acids is 2. The van der Waals surface area contributed by atoms with Gasteiger partial charge in [0.2, 0.25) is 5.91 Å². The van der Waals surface area contributed by atoms with Crippen LogP contribution in [0.15, 0.2) is 18.7 Å². The van der Waals surface area contributed by atoms with E-state index in [9.17, 15) is 9.59 Å². The topological polar surface area (TPSA) is 75.2 Å². The summed E-state index contributed by atoms with van der Waals surface area (Å²) in [5, 5.41) is 2.83. The molecule has 1 saturated heterocycles. The molecule has 18 heavy (non-hydrogen) atoms. The van der Waals surface area contributed by atoms with Gasteiger partial charge < -0.3 is 10.2 Å². The molecule has 0 bridgehead atoms. The fourth-order valence-electron chi connectivity index (χ4n) is 2.01. The number of rotatable bonds is 3. The largest absolute Gasteiger partial charge is 0.347 e. The van der Waals surface area contributed by atoms with Crippen LogP contribution in [0.4, 0.5) is 0 Å². The fraction of sp³-hybridized carbons (Fsp3) is 0.500. The molecule has 2 amide bonds. The van der Waals surface area contributed by atoms with Crippen molar-refractivity contribution in [1.82, 2.24) is 20.2 Å². The van der Waals surface area contributed by atoms with Crippen molar-refractivity contribution in [2.75, 3.05) is 6.54 Å². The molecule has 1 aromatic heterocycles. The molecular weight excluding hydrogens is 232 g/mol. The van der Waals surface area contributed by atoms with E-state index in [1.165, 1.54) is 18.7 Å². The predicted octanol–water partition coefficient (Wildman–Crippen LogP) is 0.216. The third-order valence-corrected chi connectivity index (χ3v) is 2.94. The van der Waals surface area contributed by atoms with E-state index in [2.05, 4.69) is 15.3 Å². The lowest BCUT2D eigenvalue weighted by Crippen LogP contribution is -2.38. The first-order chi connectivity index (χ1) is 8.58. The monoisotopic (exact) mass is 248 g/mol. The Kier molecular flexibility index (Phi) is 3.55. The van der Waals surface area contributed by atoms with E-state index in [1.807, 2.05) is 13.8 Å². The number of amides is 2. The van der Waals surface area contributed by atoms with E-state index < -0.39 is 0 Å². The maximum Gasteiger partial charge on any atom is 0.254 e. The Morgan fingerprint density at radius 1 is 1.44 bits per heavy atom. The van der Waals surface area contributed by atoms with Crippen LogP contribution in [-0.2, 0) is 4.79 Å². The second kappa shape index (κ2) is 5.12. The van der Waals surface area contributed by atoms with Crippen molar-refractivity contribution >= 4 is 11.8 Å². The molecule has 2 rings (SSSR count). The van der Waals surface area contributed by atoms with Crippen LogP contribution in [0.25, 0.3) is 0 Å². The van der Waals surface area contributed by atoms with Crippen molar-refractivity contribution in [2.24, 2.45) is 0 Å². The zero-order valence-corrected chi connectivity index (χ0v) is 10.5. The third kappa shape index (κ3) is 2.64. The number of carbonyl (C=O) groups is 2. The van der Waals surface area contributed by atoms with Crippen molar-refractivity contribution in [1.29, 1.82) is 0 Å². The van der Waals surface area contributed by atoms with Crippen molar-refractivity contribution < 1.29 is 9.59 Å². The Balaban J connectivity index is 1.96. The molecular formula is C12H16N4O2. The number of likely N-dealkylation sites (tertiary alicyclic amines) is 1. The van der Waals surface area contributed by atoms with E-state index >= 15 is 0 Å². The number of hydrogen-bond donors (Lipinski definition) is 1. The average Bonchev–Trinajstić information content (AvgIpc) is 2.71. The van der Waals surface area contributed by atoms with Gasteiger partial charge in [0, 0.05) is 31.4 Å². The molecule has 1 aromatic rings. The Morgan fingerprint density at radius 2 is 2.11 bits per heavy atom. The van der Waals surface area contributed by atoms with Gasteiger partial charge in [0.05, 0.1) is 11.6 Å². The first kappa shape index (κ1) is 12.5. The van der Waals surface area contributed by atoms with Gasteiger partial charge in [-0.2, -0.15) is 0 Å². The standard InChI is InChI=1S/C12H16N4O2/c1-8(2)16-6-10(3-11(16)17)15-12(18)9-4-13-7-14-5-9/h4-5,7-8,10H,3,6H2,1-2H3,(H,15,18). The molecule has 0 aliphatic carbocycles. The summed E-state index contributed by atoms with van der Waals surface area (Å²) in [7, 11) is 0. The molecule has 1 N–H and O–H groups in total. The number of hydrogen-bond acceptors (Lipinski definition) is 4. The first-order valence-corrected chi connectivity index (χ1v) is 5.93. The van der Waals surface area contributed by atoms with Crippen LogP contribution in [0.3, 0.4) is 0 Å². The van der Waals surface area contributed by atoms with Crippen LogP contribution in [0, 0.1) is 0 Å². The van der Waals surface area contributed by atoms with E-state index in [4.69, 9.17) is 0 Å². The fourth-order valence-corrected chi connectivity index (χ4v) is 2.01. The molecule has 0 radical (unpaired) electrons. The lowest BCUT2D eigenvalue weighted by Gasteiger charge is -2.21. The molecule has 0 spiro atoms. The zero-order valence-electron chi connectivity index (χ0n) is 10.5. The highest BCUT2D eigenvalue weighted by Gasteiger charge is 2.32. The molecule has 1 aliphatic heterocycles. The second-order valence-corrected chi connectivity index (χ2v) is 4.64. The molecule has 0 saturated carbocycles. The lowest BCUT2D eigenvalue weighted by molar-refractivity contribution is -0.129. The number of aromatic nitrogens is 2. The van der Waals surface area contributed by atoms with Gasteiger partial charge in [-0.15, -0.1) is 0 Å². The Labute approximate surface area is 105 Å². The molecule has 96 valence electrons. The van der Waals surface area contributed by atoms with Crippen molar-refractivity contribution in [3.8, 4) is 0 Å². The highest BCUT2D eigenvalue weighted by molar-refractivity contribution is 5.94. The Morgan fingerprint density at radius 3 is 2.67 bits per heavy atom. The maximum absolute atomic E-state index is 11.9. The predicted molar refractivity (Wildman–Crippen MR) is 64.8 cm³/mol. The zero-order chi connectivity index (χ0) is 13.1. The van der Waals surface area contributed by atoms with Crippen molar-refractivity contribution in [2.45, 2.75) is 32.4 Å². The summed E-state index contributed by atoms with van der Waals surface area (Å²) in [4.78, 5) is 32.9. The summed E-state index contributed by atoms with van der Waals surface area (Å²) < 4.78 is 0. The smallest absolute Gasteiger partial charge is 0.254 e. The highest BCUT2D eigenvalue weighted by Crippen LogP contribution is 2.14. The number of nitrogens with one attached hydrogen (secondary N) is 1. The normalized spacial score (nSPS) is 19.4. The van der Waals surface area contributed by atoms with Gasteiger partial charge in [-0.25, -0.2) is 9.97 Å². The van der Waals surface area contributed by atoms with Gasteiger partial charge in [-0.1, -0.05) is 0 Å². The van der Waals surface area contributed by atoms with Crippen LogP contribution in [-0.4, -0.2) is 45.3 Å². The van der Waals surface area contributed by atoms with Gasteiger partial charge in [0.15, 0.2) is 0 Å². The van der Waals surface area contributed by atoms with Crippen molar-refractivity contribution in [3.05, 3.63) is 24.3 Å². The minimum atomic E-state index is -0.237. The Bertz CT molecular complexity index is 447. The first-order valence-electron chi connectivity index (χ1n) is 5.93. The van der Waals surface area contributed by atoms with Crippen LogP contribution in [0.2, 0.25) is 0 Å². The summed E-state index contributed by atoms with van der Waals surface area (Å²) in [6.45, 7) is 4.50. The van der Waals surface area contributed by atoms with Crippen LogP contribution in [0.5, 0.6) is 0 Å². The minimum Gasteiger partial charge on any atom is -0.347 e. The van der Waals surface area contributed by atoms with Gasteiger partial charge in [0.25, 0.3) is 5.91 Å². The quantitative estimate of drug-likeness (QED) is 0.830. The summed E-state index contributed by atoms with van der Waals surface area (Å²) in [5.74, 6) is -0.154. The molecule has 1 fully saturated rings. The van der Waals surface area contributed by atoms with Gasteiger partial charge in [0.1, 0.15) is 6.33 Å². The molecule has 1 unspecified atom stereocenters. The Hall–Kier alpha value is -1.98. The second-order valence-electron chi connectivity index (χ2n) is 4.64. The van der Waals surface area contributed by atoms with E-state index in [1.54, 1.807) is 4.90 Å². The SMILES string of the molecule is CC(C)N1CC(NC(=O)c2cncnc2)CC1=O. The van der Waals surface area contributed by atoms with E-state index in [0.717, 1.165) is 0 Å².